The summed E-state index contributed by atoms with van der Waals surface area (Å²) in [4.78, 5) is 13.0. The van der Waals surface area contributed by atoms with E-state index in [9.17, 15) is 13.2 Å². The van der Waals surface area contributed by atoms with Crippen molar-refractivity contribution in [1.82, 2.24) is 5.32 Å². The van der Waals surface area contributed by atoms with Gasteiger partial charge in [0, 0.05) is 17.8 Å². The Morgan fingerprint density at radius 3 is 2.11 bits per heavy atom. The van der Waals surface area contributed by atoms with Crippen LogP contribution in [0.4, 0.5) is 5.69 Å². The monoisotopic (exact) mass is 486 g/mol. The first kappa shape index (κ1) is 24.2. The van der Waals surface area contributed by atoms with Crippen LogP contribution in [-0.4, -0.2) is 14.3 Å². The second-order valence-corrected chi connectivity index (χ2v) is 9.61. The van der Waals surface area contributed by atoms with Crippen LogP contribution in [0.2, 0.25) is 0 Å². The Labute approximate surface area is 205 Å². The zero-order valence-corrected chi connectivity index (χ0v) is 19.9. The Morgan fingerprint density at radius 2 is 1.37 bits per heavy atom. The highest BCUT2D eigenvalue weighted by Crippen LogP contribution is 2.18. The van der Waals surface area contributed by atoms with Gasteiger partial charge in [-0.25, -0.2) is 8.42 Å². The van der Waals surface area contributed by atoms with Gasteiger partial charge in [0.15, 0.2) is 0 Å². The first-order valence-electron chi connectivity index (χ1n) is 11.2. The summed E-state index contributed by atoms with van der Waals surface area (Å²) < 4.78 is 33.6. The lowest BCUT2D eigenvalue weighted by Crippen LogP contribution is -2.23. The molecule has 0 aliphatic heterocycles. The molecule has 0 aliphatic carbocycles. The molecule has 4 rings (SSSR count). The van der Waals surface area contributed by atoms with E-state index in [0.717, 1.165) is 16.7 Å². The quantitative estimate of drug-likeness (QED) is 0.325. The maximum Gasteiger partial charge on any atom is 0.261 e. The van der Waals surface area contributed by atoms with Crippen molar-refractivity contribution in [2.45, 2.75) is 24.7 Å². The largest absolute Gasteiger partial charge is 0.372 e. The molecule has 0 radical (unpaired) electrons. The number of nitrogens with one attached hydrogen (secondary N) is 2. The molecule has 1 amide bonds. The molecule has 0 aromatic heterocycles. The molecule has 6 nitrogen and oxygen atoms in total. The van der Waals surface area contributed by atoms with Gasteiger partial charge < -0.3 is 10.1 Å². The number of amides is 1. The summed E-state index contributed by atoms with van der Waals surface area (Å²) in [5.41, 5.74) is 3.72. The first-order chi connectivity index (χ1) is 17.0. The zero-order chi connectivity index (χ0) is 24.5. The minimum absolute atomic E-state index is 0.154. The zero-order valence-electron chi connectivity index (χ0n) is 19.1. The van der Waals surface area contributed by atoms with Gasteiger partial charge in [-0.1, -0.05) is 78.9 Å². The second-order valence-electron chi connectivity index (χ2n) is 7.93. The summed E-state index contributed by atoms with van der Waals surface area (Å²) in [6.45, 7) is 1.26. The van der Waals surface area contributed by atoms with E-state index in [4.69, 9.17) is 4.74 Å². The molecule has 0 atom stereocenters. The minimum Gasteiger partial charge on any atom is -0.372 e. The van der Waals surface area contributed by atoms with Crippen molar-refractivity contribution >= 4 is 21.6 Å². The van der Waals surface area contributed by atoms with Crippen molar-refractivity contribution in [2.24, 2.45) is 0 Å². The van der Waals surface area contributed by atoms with E-state index in [1.165, 1.54) is 18.2 Å². The Hall–Kier alpha value is -3.94. The maximum atomic E-state index is 12.8. The number of anilines is 1. The van der Waals surface area contributed by atoms with Crippen molar-refractivity contribution in [2.75, 3.05) is 4.72 Å². The fourth-order valence-corrected chi connectivity index (χ4v) is 4.61. The lowest BCUT2D eigenvalue weighted by Gasteiger charge is -2.12. The number of benzene rings is 4. The Morgan fingerprint density at radius 1 is 0.714 bits per heavy atom. The highest BCUT2D eigenvalue weighted by Gasteiger charge is 2.15. The Kier molecular flexibility index (Phi) is 7.92. The normalized spacial score (nSPS) is 11.1. The molecule has 0 heterocycles. The molecule has 4 aromatic carbocycles. The van der Waals surface area contributed by atoms with Crippen LogP contribution in [0.15, 0.2) is 114 Å². The standard InChI is InChI=1S/C28H26N2O4S/c31-28(23-14-9-15-26(18-23)30-35(32,33)27-16-5-2-6-17-27)29-19-24-12-7-8-13-25(24)21-34-20-22-10-3-1-4-11-22/h1-18,30H,19-21H2,(H,29,31). The SMILES string of the molecule is O=C(NCc1ccccc1COCc1ccccc1)c1cccc(NS(=O)(=O)c2ccccc2)c1. The molecule has 0 fully saturated rings. The van der Waals surface area contributed by atoms with Gasteiger partial charge in [-0.15, -0.1) is 0 Å². The molecule has 0 saturated carbocycles. The number of sulfonamides is 1. The summed E-state index contributed by atoms with van der Waals surface area (Å²) in [5.74, 6) is -0.300. The molecular formula is C28H26N2O4S. The number of ether oxygens (including phenoxy) is 1. The number of rotatable bonds is 10. The molecule has 0 saturated heterocycles. The van der Waals surface area contributed by atoms with E-state index in [2.05, 4.69) is 10.0 Å². The van der Waals surface area contributed by atoms with Crippen LogP contribution in [0, 0.1) is 0 Å². The third kappa shape index (κ3) is 6.79. The summed E-state index contributed by atoms with van der Waals surface area (Å²) in [6, 6.07) is 32.2. The molecule has 35 heavy (non-hydrogen) atoms. The number of hydrogen-bond acceptors (Lipinski definition) is 4. The highest BCUT2D eigenvalue weighted by atomic mass is 32.2. The Bertz CT molecular complexity index is 1370. The van der Waals surface area contributed by atoms with Crippen LogP contribution in [0.5, 0.6) is 0 Å². The van der Waals surface area contributed by atoms with Crippen molar-refractivity contribution in [1.29, 1.82) is 0 Å². The van der Waals surface area contributed by atoms with Gasteiger partial charge >= 0.3 is 0 Å². The number of hydrogen-bond donors (Lipinski definition) is 2. The molecule has 0 bridgehead atoms. The average molecular weight is 487 g/mol. The van der Waals surface area contributed by atoms with Gasteiger partial charge in [-0.05, 0) is 47.0 Å². The van der Waals surface area contributed by atoms with Crippen molar-refractivity contribution < 1.29 is 17.9 Å². The number of carbonyl (C=O) groups is 1. The summed E-state index contributed by atoms with van der Waals surface area (Å²) in [5, 5.41) is 2.91. The topological polar surface area (TPSA) is 84.5 Å². The van der Waals surface area contributed by atoms with Gasteiger partial charge in [-0.3, -0.25) is 9.52 Å². The van der Waals surface area contributed by atoms with Crippen molar-refractivity contribution in [3.63, 3.8) is 0 Å². The molecular weight excluding hydrogens is 460 g/mol. The molecule has 0 spiro atoms. The third-order valence-electron chi connectivity index (χ3n) is 5.36. The van der Waals surface area contributed by atoms with Gasteiger partial charge in [-0.2, -0.15) is 0 Å². The van der Waals surface area contributed by atoms with Crippen LogP contribution in [-0.2, 0) is 34.5 Å². The molecule has 2 N–H and O–H groups in total. The fraction of sp³-hybridized carbons (Fsp3) is 0.107. The smallest absolute Gasteiger partial charge is 0.261 e. The van der Waals surface area contributed by atoms with Crippen LogP contribution in [0.25, 0.3) is 0 Å². The molecule has 0 unspecified atom stereocenters. The van der Waals surface area contributed by atoms with E-state index in [-0.39, 0.29) is 10.8 Å². The predicted molar refractivity (Wildman–Crippen MR) is 136 cm³/mol. The molecule has 4 aromatic rings. The molecule has 0 aliphatic rings. The molecule has 7 heteroatoms. The van der Waals surface area contributed by atoms with E-state index in [1.807, 2.05) is 54.6 Å². The second kappa shape index (κ2) is 11.5. The predicted octanol–water partition coefficient (Wildman–Crippen LogP) is 5.13. The summed E-state index contributed by atoms with van der Waals surface area (Å²) in [7, 11) is -3.74. The lowest BCUT2D eigenvalue weighted by molar-refractivity contribution is 0.0947. The van der Waals surface area contributed by atoms with E-state index >= 15 is 0 Å². The van der Waals surface area contributed by atoms with Gasteiger partial charge in [0.25, 0.3) is 15.9 Å². The van der Waals surface area contributed by atoms with E-state index < -0.39 is 10.0 Å². The van der Waals surface area contributed by atoms with Gasteiger partial charge in [0.1, 0.15) is 0 Å². The highest BCUT2D eigenvalue weighted by molar-refractivity contribution is 7.92. The van der Waals surface area contributed by atoms with Crippen LogP contribution >= 0.6 is 0 Å². The van der Waals surface area contributed by atoms with Crippen LogP contribution in [0.3, 0.4) is 0 Å². The van der Waals surface area contributed by atoms with Crippen molar-refractivity contribution in [3.8, 4) is 0 Å². The number of carbonyl (C=O) groups excluding carboxylic acids is 1. The van der Waals surface area contributed by atoms with E-state index in [1.54, 1.807) is 36.4 Å². The minimum atomic E-state index is -3.74. The summed E-state index contributed by atoms with van der Waals surface area (Å²) in [6.07, 6.45) is 0. The first-order valence-corrected chi connectivity index (χ1v) is 12.6. The van der Waals surface area contributed by atoms with Gasteiger partial charge in [0.2, 0.25) is 0 Å². The Balaban J connectivity index is 1.37. The average Bonchev–Trinajstić information content (AvgIpc) is 2.89. The van der Waals surface area contributed by atoms with E-state index in [0.29, 0.717) is 31.0 Å². The maximum absolute atomic E-state index is 12.8. The van der Waals surface area contributed by atoms with Crippen molar-refractivity contribution in [3.05, 3.63) is 131 Å². The van der Waals surface area contributed by atoms with Crippen LogP contribution < -0.4 is 10.0 Å². The third-order valence-corrected chi connectivity index (χ3v) is 6.75. The lowest BCUT2D eigenvalue weighted by atomic mass is 10.1. The van der Waals surface area contributed by atoms with Gasteiger partial charge in [0.05, 0.1) is 18.1 Å². The molecule has 178 valence electrons. The summed E-state index contributed by atoms with van der Waals surface area (Å²) >= 11 is 0. The van der Waals surface area contributed by atoms with Crippen LogP contribution in [0.1, 0.15) is 27.0 Å². The fourth-order valence-electron chi connectivity index (χ4n) is 3.54.